The van der Waals surface area contributed by atoms with Crippen LogP contribution in [0.2, 0.25) is 0 Å². The number of piperidine rings is 1. The van der Waals surface area contributed by atoms with Crippen LogP contribution < -0.4 is 11.2 Å². The van der Waals surface area contributed by atoms with E-state index in [-0.39, 0.29) is 6.35 Å². The van der Waals surface area contributed by atoms with Crippen molar-refractivity contribution in [1.29, 1.82) is 0 Å². The molecular formula is C14H30N4O. The lowest BCUT2D eigenvalue weighted by Gasteiger charge is -2.31. The zero-order chi connectivity index (χ0) is 14.4. The maximum Gasteiger partial charge on any atom is 0.233 e. The van der Waals surface area contributed by atoms with E-state index in [4.69, 9.17) is 10.6 Å². The monoisotopic (exact) mass is 270 g/mol. The Morgan fingerprint density at radius 2 is 1.74 bits per heavy atom. The van der Waals surface area contributed by atoms with Gasteiger partial charge in [-0.2, -0.15) is 0 Å². The van der Waals surface area contributed by atoms with Crippen molar-refractivity contribution in [2.45, 2.75) is 59.9 Å². The molecule has 0 amide bonds. The van der Waals surface area contributed by atoms with Crippen molar-refractivity contribution >= 4 is 5.84 Å². The van der Waals surface area contributed by atoms with E-state index in [1.54, 1.807) is 0 Å². The third-order valence-electron chi connectivity index (χ3n) is 2.95. The molecule has 1 atom stereocenters. The van der Waals surface area contributed by atoms with Gasteiger partial charge in [-0.05, 0) is 18.8 Å². The lowest BCUT2D eigenvalue weighted by Crippen LogP contribution is -2.45. The zero-order valence-corrected chi connectivity index (χ0v) is 13.0. The van der Waals surface area contributed by atoms with E-state index in [2.05, 4.69) is 50.0 Å². The Kier molecular flexibility index (Phi) is 6.75. The fourth-order valence-corrected chi connectivity index (χ4v) is 1.85. The second kappa shape index (κ2) is 7.82. The van der Waals surface area contributed by atoms with Crippen LogP contribution in [0.4, 0.5) is 0 Å². The third-order valence-corrected chi connectivity index (χ3v) is 2.95. The third kappa shape index (κ3) is 5.89. The minimum absolute atomic E-state index is 0.144. The molecule has 2 aliphatic rings. The first-order valence-electron chi connectivity index (χ1n) is 7.39. The standard InChI is InChI=1S/C10H20N4O.C4H10/c1-7(2)9-12-10(15-13-9)14-5-3-8(11)4-6-14;1-4(2)3/h7-8,10H,3-6,11H2,1-2H3,(H,12,13);4H,1-3H3. The minimum atomic E-state index is -0.144. The van der Waals surface area contributed by atoms with Crippen LogP contribution >= 0.6 is 0 Å². The molecule has 1 saturated heterocycles. The highest BCUT2D eigenvalue weighted by Gasteiger charge is 2.28. The fraction of sp³-hybridized carbons (Fsp3) is 0.929. The van der Waals surface area contributed by atoms with E-state index < -0.39 is 0 Å². The average molecular weight is 270 g/mol. The molecule has 0 spiro atoms. The first-order chi connectivity index (χ1) is 8.90. The highest BCUT2D eigenvalue weighted by atomic mass is 16.7. The smallest absolute Gasteiger partial charge is 0.233 e. The first kappa shape index (κ1) is 16.4. The SMILES string of the molecule is CC(C)C.CC(C)C1=NC(N2CCC(N)CC2)ON1. The predicted octanol–water partition coefficient (Wildman–Crippen LogP) is 1.94. The van der Waals surface area contributed by atoms with Gasteiger partial charge in [0, 0.05) is 25.0 Å². The summed E-state index contributed by atoms with van der Waals surface area (Å²) in [5.41, 5.74) is 8.74. The second-order valence-electron chi connectivity index (χ2n) is 6.32. The molecule has 0 radical (unpaired) electrons. The van der Waals surface area contributed by atoms with Crippen LogP contribution in [0, 0.1) is 11.8 Å². The number of rotatable bonds is 2. The Morgan fingerprint density at radius 1 is 1.21 bits per heavy atom. The molecule has 5 heteroatoms. The van der Waals surface area contributed by atoms with E-state index in [0.29, 0.717) is 12.0 Å². The molecule has 2 heterocycles. The van der Waals surface area contributed by atoms with E-state index in [0.717, 1.165) is 37.7 Å². The summed E-state index contributed by atoms with van der Waals surface area (Å²) in [6.07, 6.45) is 1.92. The molecule has 0 aromatic carbocycles. The summed E-state index contributed by atoms with van der Waals surface area (Å²) in [5, 5.41) is 0. The number of nitrogens with two attached hydrogens (primary N) is 1. The molecule has 1 fully saturated rings. The first-order valence-corrected chi connectivity index (χ1v) is 7.39. The van der Waals surface area contributed by atoms with Crippen molar-refractivity contribution in [3.05, 3.63) is 0 Å². The Labute approximate surface area is 117 Å². The number of hydrogen-bond acceptors (Lipinski definition) is 5. The molecule has 2 rings (SSSR count). The molecule has 0 aromatic heterocycles. The molecule has 112 valence electrons. The minimum Gasteiger partial charge on any atom is -0.328 e. The number of nitrogens with one attached hydrogen (secondary N) is 1. The lowest BCUT2D eigenvalue weighted by molar-refractivity contribution is -0.0737. The number of amidine groups is 1. The van der Waals surface area contributed by atoms with Gasteiger partial charge >= 0.3 is 0 Å². The van der Waals surface area contributed by atoms with Gasteiger partial charge in [-0.3, -0.25) is 4.90 Å². The number of likely N-dealkylation sites (tertiary alicyclic amines) is 1. The number of hydrogen-bond donors (Lipinski definition) is 2. The van der Waals surface area contributed by atoms with Crippen molar-refractivity contribution in [3.8, 4) is 0 Å². The summed E-state index contributed by atoms with van der Waals surface area (Å²) in [5.74, 6) is 2.16. The molecule has 2 aliphatic heterocycles. The van der Waals surface area contributed by atoms with Gasteiger partial charge in [0.25, 0.3) is 0 Å². The normalized spacial score (nSPS) is 25.1. The number of aliphatic imine (C=N–C) groups is 1. The van der Waals surface area contributed by atoms with Gasteiger partial charge in [-0.25, -0.2) is 15.3 Å². The van der Waals surface area contributed by atoms with Gasteiger partial charge in [0.1, 0.15) is 5.84 Å². The van der Waals surface area contributed by atoms with Gasteiger partial charge in [0.05, 0.1) is 0 Å². The Morgan fingerprint density at radius 3 is 2.16 bits per heavy atom. The van der Waals surface area contributed by atoms with Crippen molar-refractivity contribution in [2.75, 3.05) is 13.1 Å². The van der Waals surface area contributed by atoms with E-state index >= 15 is 0 Å². The van der Waals surface area contributed by atoms with Crippen LogP contribution in [0.3, 0.4) is 0 Å². The van der Waals surface area contributed by atoms with Crippen molar-refractivity contribution in [1.82, 2.24) is 10.4 Å². The van der Waals surface area contributed by atoms with Crippen LogP contribution in [0.15, 0.2) is 4.99 Å². The number of nitrogens with zero attached hydrogens (tertiary/aromatic N) is 2. The molecule has 1 unspecified atom stereocenters. The van der Waals surface area contributed by atoms with Crippen LogP contribution in [0.1, 0.15) is 47.5 Å². The van der Waals surface area contributed by atoms with Gasteiger partial charge < -0.3 is 5.73 Å². The molecule has 0 bridgehead atoms. The highest BCUT2D eigenvalue weighted by Crippen LogP contribution is 2.16. The molecule has 0 aliphatic carbocycles. The second-order valence-corrected chi connectivity index (χ2v) is 6.32. The van der Waals surface area contributed by atoms with Crippen LogP contribution in [-0.2, 0) is 4.84 Å². The summed E-state index contributed by atoms with van der Waals surface area (Å²) in [7, 11) is 0. The zero-order valence-electron chi connectivity index (χ0n) is 13.0. The number of hydroxylamine groups is 1. The van der Waals surface area contributed by atoms with Crippen molar-refractivity contribution in [2.24, 2.45) is 22.6 Å². The molecule has 0 aromatic rings. The fourth-order valence-electron chi connectivity index (χ4n) is 1.85. The van der Waals surface area contributed by atoms with Gasteiger partial charge in [-0.15, -0.1) is 0 Å². The van der Waals surface area contributed by atoms with E-state index in [1.807, 2.05) is 0 Å². The highest BCUT2D eigenvalue weighted by molar-refractivity contribution is 5.83. The molecular weight excluding hydrogens is 240 g/mol. The largest absolute Gasteiger partial charge is 0.328 e. The maximum atomic E-state index is 5.85. The summed E-state index contributed by atoms with van der Waals surface area (Å²) in [6, 6.07) is 0.351. The summed E-state index contributed by atoms with van der Waals surface area (Å²) in [6.45, 7) is 12.7. The van der Waals surface area contributed by atoms with Gasteiger partial charge in [-0.1, -0.05) is 34.6 Å². The quantitative estimate of drug-likeness (QED) is 0.805. The summed E-state index contributed by atoms with van der Waals surface area (Å²) < 4.78 is 0. The molecule has 0 saturated carbocycles. The Hall–Kier alpha value is -0.650. The Balaban J connectivity index is 0.000000399. The maximum absolute atomic E-state index is 5.85. The molecule has 19 heavy (non-hydrogen) atoms. The van der Waals surface area contributed by atoms with Crippen LogP contribution in [0.5, 0.6) is 0 Å². The Bertz CT molecular complexity index is 280. The summed E-state index contributed by atoms with van der Waals surface area (Å²) >= 11 is 0. The van der Waals surface area contributed by atoms with Crippen LogP contribution in [-0.4, -0.2) is 36.2 Å². The van der Waals surface area contributed by atoms with E-state index in [1.165, 1.54) is 0 Å². The van der Waals surface area contributed by atoms with Gasteiger partial charge in [0.15, 0.2) is 0 Å². The van der Waals surface area contributed by atoms with E-state index in [9.17, 15) is 0 Å². The average Bonchev–Trinajstić information content (AvgIpc) is 2.78. The topological polar surface area (TPSA) is 62.9 Å². The predicted molar refractivity (Wildman–Crippen MR) is 79.6 cm³/mol. The van der Waals surface area contributed by atoms with Crippen molar-refractivity contribution in [3.63, 3.8) is 0 Å². The summed E-state index contributed by atoms with van der Waals surface area (Å²) in [4.78, 5) is 12.2. The van der Waals surface area contributed by atoms with Crippen molar-refractivity contribution < 1.29 is 4.84 Å². The van der Waals surface area contributed by atoms with Gasteiger partial charge in [0.2, 0.25) is 6.35 Å². The lowest BCUT2D eigenvalue weighted by atomic mass is 10.1. The molecule has 3 N–H and O–H groups in total. The molecule has 5 nitrogen and oxygen atoms in total. The van der Waals surface area contributed by atoms with Crippen LogP contribution in [0.25, 0.3) is 0 Å².